The molecule has 0 amide bonds. The molecule has 0 N–H and O–H groups in total. The van der Waals surface area contributed by atoms with Gasteiger partial charge in [-0.05, 0) is 31.6 Å². The van der Waals surface area contributed by atoms with E-state index in [2.05, 4.69) is 12.0 Å². The van der Waals surface area contributed by atoms with Crippen LogP contribution in [0.3, 0.4) is 0 Å². The quantitative estimate of drug-likeness (QED) is 0.414. The van der Waals surface area contributed by atoms with Gasteiger partial charge in [-0.1, -0.05) is 24.9 Å². The molecule has 6 nitrogen and oxygen atoms in total. The first-order valence-corrected chi connectivity index (χ1v) is 8.58. The van der Waals surface area contributed by atoms with E-state index in [9.17, 15) is 4.79 Å². The molecule has 7 heteroatoms. The Kier molecular flexibility index (Phi) is 6.81. The van der Waals surface area contributed by atoms with Crippen LogP contribution in [-0.2, 0) is 11.3 Å². The number of rotatable bonds is 7. The van der Waals surface area contributed by atoms with Crippen molar-refractivity contribution in [1.29, 1.82) is 5.26 Å². The minimum Gasteiger partial charge on any atom is -0.493 e. The maximum absolute atomic E-state index is 12.1. The Hall–Kier alpha value is -2.78. The first-order chi connectivity index (χ1) is 12.5. The summed E-state index contributed by atoms with van der Waals surface area (Å²) < 4.78 is 12.2. The Labute approximate surface area is 157 Å². The van der Waals surface area contributed by atoms with Crippen molar-refractivity contribution < 1.29 is 14.3 Å². The lowest BCUT2D eigenvalue weighted by Gasteiger charge is -2.07. The van der Waals surface area contributed by atoms with Crippen molar-refractivity contribution in [2.45, 2.75) is 33.2 Å². The van der Waals surface area contributed by atoms with Crippen LogP contribution in [0.1, 0.15) is 36.6 Å². The third kappa shape index (κ3) is 4.64. The summed E-state index contributed by atoms with van der Waals surface area (Å²) in [6, 6.07) is 6.57. The van der Waals surface area contributed by atoms with Crippen molar-refractivity contribution in [2.75, 3.05) is 7.11 Å². The van der Waals surface area contributed by atoms with Crippen LogP contribution in [0.25, 0.3) is 6.08 Å². The molecule has 1 aromatic carbocycles. The van der Waals surface area contributed by atoms with Crippen LogP contribution >= 0.6 is 11.6 Å². The third-order valence-electron chi connectivity index (χ3n) is 3.72. The highest BCUT2D eigenvalue weighted by Crippen LogP contribution is 2.28. The van der Waals surface area contributed by atoms with Gasteiger partial charge in [0, 0.05) is 24.3 Å². The van der Waals surface area contributed by atoms with E-state index in [0.717, 1.165) is 25.1 Å². The second-order valence-corrected chi connectivity index (χ2v) is 5.96. The van der Waals surface area contributed by atoms with Crippen LogP contribution < -0.4 is 9.47 Å². The molecule has 0 aliphatic rings. The number of hydrogen-bond acceptors (Lipinski definition) is 5. The molecule has 0 spiro atoms. The Morgan fingerprint density at radius 1 is 1.42 bits per heavy atom. The van der Waals surface area contributed by atoms with E-state index in [1.165, 1.54) is 25.3 Å². The molecule has 1 heterocycles. The van der Waals surface area contributed by atoms with Gasteiger partial charge in [-0.3, -0.25) is 4.68 Å². The fourth-order valence-corrected chi connectivity index (χ4v) is 2.65. The number of nitriles is 1. The number of nitrogens with zero attached hydrogens (tertiary/aromatic N) is 3. The lowest BCUT2D eigenvalue weighted by Crippen LogP contribution is -2.05. The number of methoxy groups -OCH3 is 1. The highest BCUT2D eigenvalue weighted by Gasteiger charge is 2.12. The second-order valence-electron chi connectivity index (χ2n) is 5.60. The Bertz CT molecular complexity index is 866. The van der Waals surface area contributed by atoms with Crippen LogP contribution in [0.5, 0.6) is 11.5 Å². The summed E-state index contributed by atoms with van der Waals surface area (Å²) in [4.78, 5) is 12.1. The van der Waals surface area contributed by atoms with Gasteiger partial charge in [0.15, 0.2) is 11.5 Å². The molecule has 0 aliphatic carbocycles. The molecule has 0 unspecified atom stereocenters. The highest BCUT2D eigenvalue weighted by atomic mass is 35.5. The van der Waals surface area contributed by atoms with Crippen LogP contribution in [0.2, 0.25) is 5.15 Å². The van der Waals surface area contributed by atoms with E-state index < -0.39 is 5.97 Å². The van der Waals surface area contributed by atoms with E-state index in [1.54, 1.807) is 16.8 Å². The molecular formula is C19H20ClN3O3. The lowest BCUT2D eigenvalue weighted by atomic mass is 10.2. The number of halogens is 1. The van der Waals surface area contributed by atoms with E-state index in [0.29, 0.717) is 22.0 Å². The Morgan fingerprint density at radius 3 is 2.85 bits per heavy atom. The SMILES string of the molecule is CCCCn1nc(C)c(/C=C/C(=O)Oc2ccc(C#N)cc2OC)c1Cl. The van der Waals surface area contributed by atoms with Crippen LogP contribution in [0, 0.1) is 18.3 Å². The standard InChI is InChI=1S/C19H20ClN3O3/c1-4-5-10-23-19(20)15(13(2)22-23)7-9-18(24)26-16-8-6-14(12-21)11-17(16)25-3/h6-9,11H,4-5,10H2,1-3H3/b9-7+. The van der Waals surface area contributed by atoms with Crippen molar-refractivity contribution in [3.8, 4) is 17.6 Å². The zero-order valence-electron chi connectivity index (χ0n) is 15.0. The monoisotopic (exact) mass is 373 g/mol. The number of hydrogen-bond donors (Lipinski definition) is 0. The summed E-state index contributed by atoms with van der Waals surface area (Å²) in [7, 11) is 1.44. The first-order valence-electron chi connectivity index (χ1n) is 8.21. The van der Waals surface area contributed by atoms with Gasteiger partial charge in [0.2, 0.25) is 0 Å². The summed E-state index contributed by atoms with van der Waals surface area (Å²) in [6.45, 7) is 4.67. The van der Waals surface area contributed by atoms with Gasteiger partial charge in [0.05, 0.1) is 24.4 Å². The molecule has 0 fully saturated rings. The number of esters is 1. The fourth-order valence-electron chi connectivity index (χ4n) is 2.33. The molecule has 2 aromatic rings. The highest BCUT2D eigenvalue weighted by molar-refractivity contribution is 6.31. The van der Waals surface area contributed by atoms with Crippen molar-refractivity contribution in [1.82, 2.24) is 9.78 Å². The third-order valence-corrected chi connectivity index (χ3v) is 4.12. The minimum atomic E-state index is -0.579. The maximum Gasteiger partial charge on any atom is 0.336 e. The molecule has 0 saturated heterocycles. The number of aryl methyl sites for hydroxylation is 2. The molecule has 2 rings (SSSR count). The molecule has 0 radical (unpaired) electrons. The van der Waals surface area contributed by atoms with Gasteiger partial charge in [0.1, 0.15) is 5.15 Å². The number of carbonyl (C=O) groups is 1. The maximum atomic E-state index is 12.1. The normalized spacial score (nSPS) is 10.7. The number of aromatic nitrogens is 2. The summed E-state index contributed by atoms with van der Waals surface area (Å²) in [5.41, 5.74) is 1.84. The summed E-state index contributed by atoms with van der Waals surface area (Å²) in [6.07, 6.45) is 4.90. The zero-order chi connectivity index (χ0) is 19.1. The number of benzene rings is 1. The van der Waals surface area contributed by atoms with Gasteiger partial charge < -0.3 is 9.47 Å². The van der Waals surface area contributed by atoms with Crippen LogP contribution in [0.15, 0.2) is 24.3 Å². The van der Waals surface area contributed by atoms with E-state index in [-0.39, 0.29) is 5.75 Å². The van der Waals surface area contributed by atoms with Crippen molar-refractivity contribution in [3.63, 3.8) is 0 Å². The van der Waals surface area contributed by atoms with Crippen molar-refractivity contribution in [2.24, 2.45) is 0 Å². The molecule has 0 bridgehead atoms. The van der Waals surface area contributed by atoms with Crippen molar-refractivity contribution in [3.05, 3.63) is 46.2 Å². The Balaban J connectivity index is 2.13. The van der Waals surface area contributed by atoms with E-state index in [4.69, 9.17) is 26.3 Å². The first kappa shape index (κ1) is 19.5. The minimum absolute atomic E-state index is 0.239. The smallest absolute Gasteiger partial charge is 0.336 e. The topological polar surface area (TPSA) is 77.1 Å². The predicted molar refractivity (Wildman–Crippen MR) is 99.3 cm³/mol. The van der Waals surface area contributed by atoms with Gasteiger partial charge in [-0.15, -0.1) is 0 Å². The van der Waals surface area contributed by atoms with E-state index >= 15 is 0 Å². The molecule has 1 aromatic heterocycles. The van der Waals surface area contributed by atoms with Gasteiger partial charge >= 0.3 is 5.97 Å². The average Bonchev–Trinajstić information content (AvgIpc) is 2.91. The fraction of sp³-hybridized carbons (Fsp3) is 0.316. The largest absolute Gasteiger partial charge is 0.493 e. The van der Waals surface area contributed by atoms with Crippen LogP contribution in [0.4, 0.5) is 0 Å². The predicted octanol–water partition coefficient (Wildman–Crippen LogP) is 4.14. The second kappa shape index (κ2) is 9.07. The van der Waals surface area contributed by atoms with E-state index in [1.807, 2.05) is 13.0 Å². The molecule has 136 valence electrons. The molecule has 0 saturated carbocycles. The summed E-state index contributed by atoms with van der Waals surface area (Å²) in [5, 5.41) is 13.8. The summed E-state index contributed by atoms with van der Waals surface area (Å²) >= 11 is 6.34. The number of carbonyl (C=O) groups excluding carboxylic acids is 1. The van der Waals surface area contributed by atoms with Gasteiger partial charge in [-0.25, -0.2) is 4.79 Å². The molecule has 0 aliphatic heterocycles. The average molecular weight is 374 g/mol. The zero-order valence-corrected chi connectivity index (χ0v) is 15.7. The lowest BCUT2D eigenvalue weighted by molar-refractivity contribution is -0.129. The molecular weight excluding hydrogens is 354 g/mol. The number of ether oxygens (including phenoxy) is 2. The van der Waals surface area contributed by atoms with Crippen LogP contribution in [-0.4, -0.2) is 22.9 Å². The molecule has 26 heavy (non-hydrogen) atoms. The summed E-state index contributed by atoms with van der Waals surface area (Å²) in [5.74, 6) is -0.0280. The van der Waals surface area contributed by atoms with Gasteiger partial charge in [0.25, 0.3) is 0 Å². The van der Waals surface area contributed by atoms with Crippen molar-refractivity contribution >= 4 is 23.6 Å². The molecule has 0 atom stereocenters. The van der Waals surface area contributed by atoms with Gasteiger partial charge in [-0.2, -0.15) is 10.4 Å². The Morgan fingerprint density at radius 2 is 2.19 bits per heavy atom. The number of unbranched alkanes of at least 4 members (excludes halogenated alkanes) is 1.